The summed E-state index contributed by atoms with van der Waals surface area (Å²) >= 11 is 3.31. The highest BCUT2D eigenvalue weighted by molar-refractivity contribution is 9.10. The van der Waals surface area contributed by atoms with Gasteiger partial charge in [0.15, 0.2) is 0 Å². The van der Waals surface area contributed by atoms with Gasteiger partial charge in [0, 0.05) is 20.9 Å². The topological polar surface area (TPSA) is 4.93 Å². The van der Waals surface area contributed by atoms with Gasteiger partial charge in [0.2, 0.25) is 0 Å². The molecule has 368 valence electrons. The van der Waals surface area contributed by atoms with Crippen LogP contribution in [-0.4, -0.2) is 4.57 Å². The molecule has 0 radical (unpaired) electrons. The van der Waals surface area contributed by atoms with E-state index in [-0.39, 0.29) is 18.3 Å². The summed E-state index contributed by atoms with van der Waals surface area (Å²) in [5.41, 5.74) is 30.9. The van der Waals surface area contributed by atoms with Gasteiger partial charge in [-0.3, -0.25) is 0 Å². The number of fused-ring (bicyclic) bond motifs is 26. The van der Waals surface area contributed by atoms with Gasteiger partial charge >= 0.3 is 0 Å². The van der Waals surface area contributed by atoms with E-state index < -0.39 is 0 Å². The number of para-hydroxylation sites is 2. The van der Waals surface area contributed by atoms with Crippen LogP contribution in [0.4, 0.5) is 0 Å². The summed E-state index contributed by atoms with van der Waals surface area (Å²) in [4.78, 5) is 0. The predicted octanol–water partition coefficient (Wildman–Crippen LogP) is 19.8. The SMILES string of the molecule is Brc1ccccc1.C.c1ccc(-n2c3ccccc3c3cc4c(cc32)-c2ccccc2C42c3ccccc3-c3ccccc32)cc1.c1ccc2c(c1)Cc1cc3c(cc1-2)C1(c2ccccc2-c2ccccc21)c1ccccc1-3. The Morgan fingerprint density at radius 1 is 0.269 bits per heavy atom. The van der Waals surface area contributed by atoms with Crippen molar-refractivity contribution in [1.82, 2.24) is 4.57 Å². The molecule has 0 saturated heterocycles. The second-order valence-corrected chi connectivity index (χ2v) is 22.0. The van der Waals surface area contributed by atoms with Gasteiger partial charge in [-0.25, -0.2) is 0 Å². The normalized spacial score (nSPS) is 13.8. The lowest BCUT2D eigenvalue weighted by Gasteiger charge is -2.30. The van der Waals surface area contributed by atoms with Gasteiger partial charge in [0.05, 0.1) is 21.9 Å². The van der Waals surface area contributed by atoms with E-state index in [1.807, 2.05) is 30.3 Å². The third-order valence-electron chi connectivity index (χ3n) is 17.4. The van der Waals surface area contributed by atoms with Crippen molar-refractivity contribution in [2.45, 2.75) is 24.7 Å². The number of hydrogen-bond acceptors (Lipinski definition) is 0. The van der Waals surface area contributed by atoms with Gasteiger partial charge in [0.25, 0.3) is 0 Å². The molecular formula is C76H52BrN. The molecular weight excluding hydrogens is 1010 g/mol. The molecule has 12 aromatic carbocycles. The first-order valence-electron chi connectivity index (χ1n) is 26.8. The fourth-order valence-electron chi connectivity index (χ4n) is 14.5. The Morgan fingerprint density at radius 3 is 1.14 bits per heavy atom. The summed E-state index contributed by atoms with van der Waals surface area (Å²) in [6.07, 6.45) is 1.03. The summed E-state index contributed by atoms with van der Waals surface area (Å²) in [5.74, 6) is 0. The minimum Gasteiger partial charge on any atom is -0.309 e. The minimum atomic E-state index is -0.316. The van der Waals surface area contributed by atoms with Gasteiger partial charge in [-0.05, 0) is 172 Å². The number of aromatic nitrogens is 1. The van der Waals surface area contributed by atoms with Gasteiger partial charge in [-0.2, -0.15) is 0 Å². The van der Waals surface area contributed by atoms with Crippen LogP contribution in [0.15, 0.2) is 284 Å². The number of hydrogen-bond donors (Lipinski definition) is 0. The van der Waals surface area contributed by atoms with Gasteiger partial charge in [0.1, 0.15) is 0 Å². The number of rotatable bonds is 1. The van der Waals surface area contributed by atoms with Crippen molar-refractivity contribution >= 4 is 37.7 Å². The fourth-order valence-corrected chi connectivity index (χ4v) is 14.9. The zero-order chi connectivity index (χ0) is 50.8. The zero-order valence-electron chi connectivity index (χ0n) is 42.1. The molecule has 1 heterocycles. The van der Waals surface area contributed by atoms with Crippen LogP contribution < -0.4 is 0 Å². The first-order chi connectivity index (χ1) is 38.1. The maximum atomic E-state index is 3.31. The number of nitrogens with zero attached hydrogens (tertiary/aromatic N) is 1. The first-order valence-corrected chi connectivity index (χ1v) is 27.6. The van der Waals surface area contributed by atoms with Gasteiger partial charge < -0.3 is 4.57 Å². The molecule has 2 spiro atoms. The standard InChI is InChI=1S/C37H23N.C32H20.C6H5Br.CH4/c1-2-12-24(13-3-1)38-35-21-11-7-17-28(35)30-22-34-29(23-36(30)38)27-16-6-10-20-33(27)37(34)31-18-8-4-14-25(31)26-15-5-9-19-32(26)37;1-2-10-22-20(9-1)17-21-18-27-25-13-5-8-16-30(25)32(31(27)19-26(21)22)28-14-6-3-11-23(28)24-12-4-7-15-29(24)32;7-6-4-2-1-3-5-6;/h1-23H;1-16,18-19H,17H2;1-5H;1H4. The molecule has 1 nitrogen and oxygen atoms in total. The molecule has 1 aromatic heterocycles. The van der Waals surface area contributed by atoms with Crippen molar-refractivity contribution in [2.24, 2.45) is 0 Å². The van der Waals surface area contributed by atoms with Crippen molar-refractivity contribution < 1.29 is 0 Å². The Bertz CT molecular complexity index is 4470. The molecule has 2 heteroatoms. The fraction of sp³-hybridized carbons (Fsp3) is 0.0526. The van der Waals surface area contributed by atoms with Crippen molar-refractivity contribution in [2.75, 3.05) is 0 Å². The van der Waals surface area contributed by atoms with Crippen molar-refractivity contribution in [3.05, 3.63) is 339 Å². The zero-order valence-corrected chi connectivity index (χ0v) is 43.7. The highest BCUT2D eigenvalue weighted by atomic mass is 79.9. The largest absolute Gasteiger partial charge is 0.309 e. The molecule has 78 heavy (non-hydrogen) atoms. The molecule has 18 rings (SSSR count). The quantitative estimate of drug-likeness (QED) is 0.154. The third kappa shape index (κ3) is 6.30. The van der Waals surface area contributed by atoms with Crippen LogP contribution in [0.2, 0.25) is 0 Å². The molecule has 0 unspecified atom stereocenters. The first kappa shape index (κ1) is 46.2. The molecule has 0 fully saturated rings. The lowest BCUT2D eigenvalue weighted by atomic mass is 9.70. The molecule has 0 amide bonds. The molecule has 5 aliphatic rings. The van der Waals surface area contributed by atoms with Crippen molar-refractivity contribution in [3.63, 3.8) is 0 Å². The lowest BCUT2D eigenvalue weighted by Crippen LogP contribution is -2.25. The molecule has 0 saturated carbocycles. The van der Waals surface area contributed by atoms with Gasteiger partial charge in [-0.1, -0.05) is 248 Å². The van der Waals surface area contributed by atoms with E-state index in [2.05, 4.69) is 269 Å². The van der Waals surface area contributed by atoms with Crippen LogP contribution in [0.1, 0.15) is 63.1 Å². The molecule has 0 N–H and O–H groups in total. The Balaban J connectivity index is 0.000000121. The van der Waals surface area contributed by atoms with Crippen LogP contribution in [0.3, 0.4) is 0 Å². The summed E-state index contributed by atoms with van der Waals surface area (Å²) < 4.78 is 3.56. The van der Waals surface area contributed by atoms with Crippen LogP contribution in [0.25, 0.3) is 83.1 Å². The highest BCUT2D eigenvalue weighted by Gasteiger charge is 2.53. The van der Waals surface area contributed by atoms with Crippen LogP contribution in [-0.2, 0) is 17.3 Å². The average molecular weight is 1060 g/mol. The smallest absolute Gasteiger partial charge is 0.0725 e. The van der Waals surface area contributed by atoms with E-state index in [0.29, 0.717) is 0 Å². The van der Waals surface area contributed by atoms with E-state index in [9.17, 15) is 0 Å². The highest BCUT2D eigenvalue weighted by Crippen LogP contribution is 2.65. The summed E-state index contributed by atoms with van der Waals surface area (Å²) in [6.45, 7) is 0. The maximum absolute atomic E-state index is 3.31. The number of halogens is 1. The van der Waals surface area contributed by atoms with Crippen molar-refractivity contribution in [3.8, 4) is 61.3 Å². The lowest BCUT2D eigenvalue weighted by molar-refractivity contribution is 0.794. The van der Waals surface area contributed by atoms with Crippen LogP contribution in [0, 0.1) is 0 Å². The van der Waals surface area contributed by atoms with Crippen LogP contribution in [0.5, 0.6) is 0 Å². The maximum Gasteiger partial charge on any atom is 0.0725 e. The Kier molecular flexibility index (Phi) is 10.5. The average Bonchev–Trinajstić information content (AvgIpc) is 2.40. The Hall–Kier alpha value is -9.08. The summed E-state index contributed by atoms with van der Waals surface area (Å²) in [5, 5.41) is 2.59. The number of benzene rings is 12. The van der Waals surface area contributed by atoms with E-state index in [4.69, 9.17) is 0 Å². The molecule has 0 atom stereocenters. The van der Waals surface area contributed by atoms with Crippen molar-refractivity contribution in [1.29, 1.82) is 0 Å². The Labute approximate surface area is 464 Å². The molecule has 0 aliphatic heterocycles. The second-order valence-electron chi connectivity index (χ2n) is 21.1. The minimum absolute atomic E-state index is 0. The molecule has 5 aliphatic carbocycles. The monoisotopic (exact) mass is 1060 g/mol. The summed E-state index contributed by atoms with van der Waals surface area (Å²) in [6, 6.07) is 103. The van der Waals surface area contributed by atoms with Gasteiger partial charge in [-0.15, -0.1) is 0 Å². The van der Waals surface area contributed by atoms with E-state index >= 15 is 0 Å². The van der Waals surface area contributed by atoms with E-state index in [1.165, 1.54) is 139 Å². The second kappa shape index (κ2) is 17.7. The molecule has 0 bridgehead atoms. The van der Waals surface area contributed by atoms with E-state index in [0.717, 1.165) is 10.9 Å². The summed E-state index contributed by atoms with van der Waals surface area (Å²) in [7, 11) is 0. The van der Waals surface area contributed by atoms with E-state index in [1.54, 1.807) is 0 Å². The predicted molar refractivity (Wildman–Crippen MR) is 329 cm³/mol. The molecule has 13 aromatic rings. The van der Waals surface area contributed by atoms with Crippen LogP contribution >= 0.6 is 15.9 Å². The third-order valence-corrected chi connectivity index (χ3v) is 18.0. The Morgan fingerprint density at radius 2 is 0.654 bits per heavy atom.